The second kappa shape index (κ2) is 5.79. The van der Waals surface area contributed by atoms with Crippen LogP contribution in [-0.2, 0) is 16.3 Å². The smallest absolute Gasteiger partial charge is 0.118 e. The Bertz CT molecular complexity index is 386. The quantitative estimate of drug-likeness (QED) is 0.837. The van der Waals surface area contributed by atoms with Gasteiger partial charge in [0.2, 0.25) is 0 Å². The van der Waals surface area contributed by atoms with Crippen molar-refractivity contribution in [1.82, 2.24) is 10.2 Å². The molecule has 0 aliphatic heterocycles. The zero-order valence-corrected chi connectivity index (χ0v) is 9.57. The van der Waals surface area contributed by atoms with E-state index in [2.05, 4.69) is 10.2 Å². The van der Waals surface area contributed by atoms with Gasteiger partial charge in [-0.05, 0) is 17.5 Å². The maximum Gasteiger partial charge on any atom is 0.118 e. The fourth-order valence-corrected chi connectivity index (χ4v) is 2.18. The van der Waals surface area contributed by atoms with Crippen LogP contribution in [0.5, 0.6) is 0 Å². The first-order valence-electron chi connectivity index (χ1n) is 5.12. The molecule has 0 saturated carbocycles. The predicted octanol–water partition coefficient (Wildman–Crippen LogP) is 2.20. The minimum absolute atomic E-state index is 0.235. The van der Waals surface area contributed by atoms with E-state index in [1.807, 2.05) is 23.6 Å². The van der Waals surface area contributed by atoms with Crippen molar-refractivity contribution in [2.45, 2.75) is 12.5 Å². The summed E-state index contributed by atoms with van der Waals surface area (Å²) in [5.41, 5.74) is 0.954. The lowest BCUT2D eigenvalue weighted by atomic mass is 10.3. The molecule has 1 unspecified atom stereocenters. The molecule has 0 aromatic carbocycles. The molecule has 16 heavy (non-hydrogen) atoms. The molecule has 1 radical (unpaired) electrons. The normalized spacial score (nSPS) is 12.8. The van der Waals surface area contributed by atoms with E-state index < -0.39 is 0 Å². The second-order valence-corrected chi connectivity index (χ2v) is 4.34. The summed E-state index contributed by atoms with van der Waals surface area (Å²) >= 11 is 1.56. The van der Waals surface area contributed by atoms with Gasteiger partial charge >= 0.3 is 0 Å². The van der Waals surface area contributed by atoms with Crippen molar-refractivity contribution in [3.63, 3.8) is 0 Å². The van der Waals surface area contributed by atoms with Gasteiger partial charge in [-0.25, -0.2) is 5.11 Å². The van der Waals surface area contributed by atoms with E-state index in [4.69, 9.17) is 4.74 Å². The van der Waals surface area contributed by atoms with E-state index in [-0.39, 0.29) is 12.7 Å². The molecule has 1 atom stereocenters. The van der Waals surface area contributed by atoms with Gasteiger partial charge in [-0.15, -0.1) is 11.3 Å². The number of ether oxygens (including phenoxy) is 1. The van der Waals surface area contributed by atoms with Gasteiger partial charge in [-0.2, -0.15) is 5.10 Å². The molecule has 0 bridgehead atoms. The zero-order valence-electron chi connectivity index (χ0n) is 8.76. The van der Waals surface area contributed by atoms with Crippen LogP contribution < -0.4 is 0 Å². The Morgan fingerprint density at radius 3 is 3.06 bits per heavy atom. The highest BCUT2D eigenvalue weighted by Crippen LogP contribution is 2.22. The van der Waals surface area contributed by atoms with Crippen LogP contribution in [0, 0.1) is 0 Å². The van der Waals surface area contributed by atoms with Gasteiger partial charge in [0, 0.05) is 17.5 Å². The van der Waals surface area contributed by atoms with E-state index in [0.717, 1.165) is 17.0 Å². The number of hydrogen-bond donors (Lipinski definition) is 1. The summed E-state index contributed by atoms with van der Waals surface area (Å²) < 4.78 is 5.55. The molecule has 1 N–H and O–H groups in total. The number of H-pyrrole nitrogens is 1. The number of aromatic amines is 1. The van der Waals surface area contributed by atoms with Crippen molar-refractivity contribution >= 4 is 11.3 Å². The third kappa shape index (κ3) is 2.91. The SMILES string of the molecule is [O]CC(OCCc1cc[nH]n1)c1cccs1. The first-order valence-corrected chi connectivity index (χ1v) is 6.00. The summed E-state index contributed by atoms with van der Waals surface area (Å²) in [7, 11) is 0. The average Bonchev–Trinajstić information content (AvgIpc) is 2.96. The Morgan fingerprint density at radius 2 is 2.44 bits per heavy atom. The number of aromatic nitrogens is 2. The van der Waals surface area contributed by atoms with Gasteiger partial charge in [0.05, 0.1) is 12.3 Å². The van der Waals surface area contributed by atoms with E-state index in [0.29, 0.717) is 6.61 Å². The van der Waals surface area contributed by atoms with Gasteiger partial charge < -0.3 is 4.74 Å². The van der Waals surface area contributed by atoms with E-state index in [1.54, 1.807) is 17.5 Å². The Labute approximate surface area is 97.9 Å². The summed E-state index contributed by atoms with van der Waals surface area (Å²) in [5.74, 6) is 0. The minimum Gasteiger partial charge on any atom is -0.370 e. The minimum atomic E-state index is -0.320. The standard InChI is InChI=1S/C11H13N2O2S/c14-8-10(11-2-1-7-16-11)15-6-4-9-3-5-12-13-9/h1-3,5,7,10H,4,6,8H2,(H,12,13). The van der Waals surface area contributed by atoms with Crippen LogP contribution in [0.3, 0.4) is 0 Å². The Morgan fingerprint density at radius 1 is 1.50 bits per heavy atom. The Hall–Kier alpha value is -1.17. The Balaban J connectivity index is 1.80. The lowest BCUT2D eigenvalue weighted by Gasteiger charge is -2.12. The molecular formula is C11H13N2O2S. The maximum absolute atomic E-state index is 11.0. The largest absolute Gasteiger partial charge is 0.370 e. The van der Waals surface area contributed by atoms with Crippen LogP contribution in [0.1, 0.15) is 16.7 Å². The van der Waals surface area contributed by atoms with Crippen molar-refractivity contribution in [3.05, 3.63) is 40.3 Å². The molecule has 0 saturated heterocycles. The average molecular weight is 237 g/mol. The van der Waals surface area contributed by atoms with E-state index in [9.17, 15) is 5.11 Å². The topological polar surface area (TPSA) is 57.8 Å². The molecule has 4 nitrogen and oxygen atoms in total. The van der Waals surface area contributed by atoms with Crippen LogP contribution >= 0.6 is 11.3 Å². The molecule has 2 heterocycles. The molecule has 0 spiro atoms. The predicted molar refractivity (Wildman–Crippen MR) is 60.9 cm³/mol. The van der Waals surface area contributed by atoms with Gasteiger partial charge in [0.1, 0.15) is 12.7 Å². The number of nitrogens with zero attached hydrogens (tertiary/aromatic N) is 1. The van der Waals surface area contributed by atoms with Crippen molar-refractivity contribution in [2.24, 2.45) is 0 Å². The first kappa shape index (κ1) is 11.3. The highest BCUT2D eigenvalue weighted by molar-refractivity contribution is 7.10. The van der Waals surface area contributed by atoms with Gasteiger partial charge in [0.25, 0.3) is 0 Å². The number of hydrogen-bond acceptors (Lipinski definition) is 3. The zero-order chi connectivity index (χ0) is 11.2. The molecule has 2 aromatic rings. The highest BCUT2D eigenvalue weighted by Gasteiger charge is 2.12. The van der Waals surface area contributed by atoms with E-state index in [1.165, 1.54) is 0 Å². The van der Waals surface area contributed by atoms with Crippen molar-refractivity contribution in [3.8, 4) is 0 Å². The van der Waals surface area contributed by atoms with Gasteiger partial charge in [-0.3, -0.25) is 5.10 Å². The number of rotatable bonds is 6. The lowest BCUT2D eigenvalue weighted by Crippen LogP contribution is -2.09. The maximum atomic E-state index is 11.0. The molecule has 0 fully saturated rings. The number of thiophene rings is 1. The summed E-state index contributed by atoms with van der Waals surface area (Å²) in [6.45, 7) is 0.288. The molecule has 0 amide bonds. The van der Waals surface area contributed by atoms with Crippen molar-refractivity contribution in [1.29, 1.82) is 0 Å². The summed E-state index contributed by atoms with van der Waals surface area (Å²) in [4.78, 5) is 0.997. The highest BCUT2D eigenvalue weighted by atomic mass is 32.1. The van der Waals surface area contributed by atoms with Crippen molar-refractivity contribution in [2.75, 3.05) is 13.2 Å². The molecule has 5 heteroatoms. The monoisotopic (exact) mass is 237 g/mol. The Kier molecular flexibility index (Phi) is 4.10. The molecule has 0 aliphatic rings. The van der Waals surface area contributed by atoms with Crippen LogP contribution in [0.25, 0.3) is 0 Å². The van der Waals surface area contributed by atoms with E-state index >= 15 is 0 Å². The summed E-state index contributed by atoms with van der Waals surface area (Å²) in [5, 5.41) is 19.7. The van der Waals surface area contributed by atoms with Gasteiger partial charge in [0.15, 0.2) is 0 Å². The fourth-order valence-electron chi connectivity index (χ4n) is 1.42. The fraction of sp³-hybridized carbons (Fsp3) is 0.364. The first-order chi connectivity index (χ1) is 7.90. The lowest BCUT2D eigenvalue weighted by molar-refractivity contribution is -0.00720. The summed E-state index contributed by atoms with van der Waals surface area (Å²) in [6.07, 6.45) is 2.18. The summed E-state index contributed by atoms with van der Waals surface area (Å²) in [6, 6.07) is 5.77. The number of nitrogens with one attached hydrogen (secondary N) is 1. The molecular weight excluding hydrogens is 224 g/mol. The molecule has 2 rings (SSSR count). The molecule has 85 valence electrons. The van der Waals surface area contributed by atoms with Crippen molar-refractivity contribution < 1.29 is 9.84 Å². The third-order valence-electron chi connectivity index (χ3n) is 2.25. The molecule has 0 aliphatic carbocycles. The van der Waals surface area contributed by atoms with Gasteiger partial charge in [-0.1, -0.05) is 6.07 Å². The van der Waals surface area contributed by atoms with Crippen LogP contribution in [-0.4, -0.2) is 23.4 Å². The van der Waals surface area contributed by atoms with Crippen LogP contribution in [0.4, 0.5) is 0 Å². The second-order valence-electron chi connectivity index (χ2n) is 3.36. The third-order valence-corrected chi connectivity index (χ3v) is 3.21. The molecule has 2 aromatic heterocycles. The van der Waals surface area contributed by atoms with Crippen LogP contribution in [0.2, 0.25) is 0 Å². The van der Waals surface area contributed by atoms with Crippen LogP contribution in [0.15, 0.2) is 29.8 Å².